The maximum absolute atomic E-state index is 6.53. The van der Waals surface area contributed by atoms with Crippen molar-refractivity contribution in [3.05, 3.63) is 39.8 Å². The summed E-state index contributed by atoms with van der Waals surface area (Å²) in [5.41, 5.74) is 1.68. The van der Waals surface area contributed by atoms with Crippen molar-refractivity contribution in [1.82, 2.24) is 4.98 Å². The summed E-state index contributed by atoms with van der Waals surface area (Å²) < 4.78 is 12.2. The number of aromatic nitrogens is 1. The fourth-order valence-electron chi connectivity index (χ4n) is 2.40. The number of benzene rings is 2. The Morgan fingerprint density at radius 1 is 0.950 bits per heavy atom. The number of rotatable bonds is 0. The molecular weight excluding hydrogens is 342 g/mol. The zero-order chi connectivity index (χ0) is 13.7. The molecule has 0 amide bonds. The summed E-state index contributed by atoms with van der Waals surface area (Å²) in [6, 6.07) is 9.66. The van der Waals surface area contributed by atoms with E-state index in [-0.39, 0.29) is 0 Å². The normalized spacial score (nSPS) is 13.9. The maximum Gasteiger partial charge on any atom is 0.163 e. The van der Waals surface area contributed by atoms with Gasteiger partial charge in [0, 0.05) is 21.3 Å². The van der Waals surface area contributed by atoms with Gasteiger partial charge in [-0.2, -0.15) is 0 Å². The van der Waals surface area contributed by atoms with E-state index in [0.717, 1.165) is 37.8 Å². The van der Waals surface area contributed by atoms with Crippen molar-refractivity contribution in [3.8, 4) is 11.5 Å². The summed E-state index contributed by atoms with van der Waals surface area (Å²) in [5, 5.41) is 2.48. The molecule has 0 unspecified atom stereocenters. The average Bonchev–Trinajstić information content (AvgIpc) is 2.47. The molecule has 0 saturated heterocycles. The molecule has 0 atom stereocenters. The SMILES string of the molecule is Clc1c2cc(Br)ccc2nc2cc3c(cc12)OCCO3. The first-order valence-corrected chi connectivity index (χ1v) is 7.37. The van der Waals surface area contributed by atoms with Crippen molar-refractivity contribution in [2.24, 2.45) is 0 Å². The van der Waals surface area contributed by atoms with Gasteiger partial charge in [-0.05, 0) is 24.3 Å². The minimum absolute atomic E-state index is 0.558. The van der Waals surface area contributed by atoms with Crippen LogP contribution in [-0.2, 0) is 0 Å². The molecule has 3 aromatic rings. The highest BCUT2D eigenvalue weighted by molar-refractivity contribution is 9.10. The van der Waals surface area contributed by atoms with Gasteiger partial charge in [-0.1, -0.05) is 27.5 Å². The first kappa shape index (κ1) is 12.2. The molecule has 100 valence electrons. The highest BCUT2D eigenvalue weighted by atomic mass is 79.9. The van der Waals surface area contributed by atoms with Crippen molar-refractivity contribution in [1.29, 1.82) is 0 Å². The van der Waals surface area contributed by atoms with E-state index in [1.165, 1.54) is 0 Å². The Bertz CT molecular complexity index is 850. The van der Waals surface area contributed by atoms with Crippen LogP contribution < -0.4 is 9.47 Å². The predicted molar refractivity (Wildman–Crippen MR) is 82.9 cm³/mol. The van der Waals surface area contributed by atoms with Crippen molar-refractivity contribution < 1.29 is 9.47 Å². The topological polar surface area (TPSA) is 31.4 Å². The van der Waals surface area contributed by atoms with E-state index in [2.05, 4.69) is 20.9 Å². The molecule has 1 aliphatic heterocycles. The second-order valence-corrected chi connectivity index (χ2v) is 5.89. The molecule has 2 aromatic carbocycles. The minimum Gasteiger partial charge on any atom is -0.486 e. The Hall–Kier alpha value is -1.52. The first-order valence-electron chi connectivity index (χ1n) is 6.20. The molecule has 0 aliphatic carbocycles. The number of hydrogen-bond acceptors (Lipinski definition) is 3. The number of nitrogens with zero attached hydrogens (tertiary/aromatic N) is 1. The number of pyridine rings is 1. The van der Waals surface area contributed by atoms with Crippen LogP contribution in [0.5, 0.6) is 11.5 Å². The molecular formula is C15H9BrClNO2. The number of fused-ring (bicyclic) bond motifs is 3. The molecule has 0 fully saturated rings. The van der Waals surface area contributed by atoms with E-state index in [9.17, 15) is 0 Å². The van der Waals surface area contributed by atoms with E-state index < -0.39 is 0 Å². The van der Waals surface area contributed by atoms with Crippen molar-refractivity contribution in [2.45, 2.75) is 0 Å². The number of hydrogen-bond donors (Lipinski definition) is 0. The van der Waals surface area contributed by atoms with Gasteiger partial charge in [0.05, 0.1) is 16.1 Å². The van der Waals surface area contributed by atoms with Crippen LogP contribution in [-0.4, -0.2) is 18.2 Å². The van der Waals surface area contributed by atoms with Gasteiger partial charge < -0.3 is 9.47 Å². The third kappa shape index (κ3) is 1.83. The molecule has 20 heavy (non-hydrogen) atoms. The Labute approximate surface area is 128 Å². The van der Waals surface area contributed by atoms with Crippen LogP contribution in [0, 0.1) is 0 Å². The molecule has 0 saturated carbocycles. The standard InChI is InChI=1S/C15H9BrClNO2/c16-8-1-2-11-9(5-8)15(17)10-6-13-14(7-12(10)18-11)20-4-3-19-13/h1-2,5-7H,3-4H2. The van der Waals surface area contributed by atoms with Crippen LogP contribution in [0.2, 0.25) is 5.02 Å². The van der Waals surface area contributed by atoms with Gasteiger partial charge in [-0.3, -0.25) is 0 Å². The molecule has 0 bridgehead atoms. The lowest BCUT2D eigenvalue weighted by Crippen LogP contribution is -2.15. The van der Waals surface area contributed by atoms with Gasteiger partial charge in [-0.25, -0.2) is 4.98 Å². The second-order valence-electron chi connectivity index (χ2n) is 4.60. The monoisotopic (exact) mass is 349 g/mol. The number of halogens is 2. The van der Waals surface area contributed by atoms with Gasteiger partial charge >= 0.3 is 0 Å². The Morgan fingerprint density at radius 3 is 2.45 bits per heavy atom. The third-order valence-electron chi connectivity index (χ3n) is 3.33. The Morgan fingerprint density at radius 2 is 1.65 bits per heavy atom. The van der Waals surface area contributed by atoms with Crippen LogP contribution in [0.15, 0.2) is 34.8 Å². The number of ether oxygens (including phenoxy) is 2. The first-order chi connectivity index (χ1) is 9.72. The molecule has 2 heterocycles. The molecule has 5 heteroatoms. The second kappa shape index (κ2) is 4.50. The quantitative estimate of drug-likeness (QED) is 0.556. The zero-order valence-corrected chi connectivity index (χ0v) is 12.7. The van der Waals surface area contributed by atoms with E-state index >= 15 is 0 Å². The van der Waals surface area contributed by atoms with Gasteiger partial charge in [0.25, 0.3) is 0 Å². The van der Waals surface area contributed by atoms with Crippen LogP contribution in [0.3, 0.4) is 0 Å². The molecule has 4 rings (SSSR count). The lowest BCUT2D eigenvalue weighted by Gasteiger charge is -2.19. The molecule has 1 aromatic heterocycles. The van der Waals surface area contributed by atoms with Crippen molar-refractivity contribution in [2.75, 3.05) is 13.2 Å². The van der Waals surface area contributed by atoms with Crippen LogP contribution in [0.25, 0.3) is 21.8 Å². The average molecular weight is 351 g/mol. The Balaban J connectivity index is 2.10. The van der Waals surface area contributed by atoms with E-state index in [1.54, 1.807) is 0 Å². The summed E-state index contributed by atoms with van der Waals surface area (Å²) in [7, 11) is 0. The van der Waals surface area contributed by atoms with Gasteiger partial charge in [0.15, 0.2) is 11.5 Å². The zero-order valence-electron chi connectivity index (χ0n) is 10.3. The van der Waals surface area contributed by atoms with Crippen molar-refractivity contribution >= 4 is 49.3 Å². The molecule has 0 radical (unpaired) electrons. The van der Waals surface area contributed by atoms with Gasteiger partial charge in [-0.15, -0.1) is 0 Å². The van der Waals surface area contributed by atoms with Crippen molar-refractivity contribution in [3.63, 3.8) is 0 Å². The fourth-order valence-corrected chi connectivity index (χ4v) is 3.07. The van der Waals surface area contributed by atoms with E-state index in [0.29, 0.717) is 18.2 Å². The van der Waals surface area contributed by atoms with E-state index in [4.69, 9.17) is 21.1 Å². The van der Waals surface area contributed by atoms with Crippen LogP contribution in [0.1, 0.15) is 0 Å². The summed E-state index contributed by atoms with van der Waals surface area (Å²) >= 11 is 9.99. The summed E-state index contributed by atoms with van der Waals surface area (Å²) in [6.45, 7) is 1.12. The fraction of sp³-hybridized carbons (Fsp3) is 0.133. The van der Waals surface area contributed by atoms with Gasteiger partial charge in [0.1, 0.15) is 13.2 Å². The maximum atomic E-state index is 6.53. The van der Waals surface area contributed by atoms with Gasteiger partial charge in [0.2, 0.25) is 0 Å². The lowest BCUT2D eigenvalue weighted by atomic mass is 10.1. The highest BCUT2D eigenvalue weighted by Gasteiger charge is 2.16. The summed E-state index contributed by atoms with van der Waals surface area (Å²) in [6.07, 6.45) is 0. The highest BCUT2D eigenvalue weighted by Crippen LogP contribution is 2.39. The Kier molecular flexibility index (Phi) is 2.75. The largest absolute Gasteiger partial charge is 0.486 e. The minimum atomic E-state index is 0.558. The van der Waals surface area contributed by atoms with Crippen LogP contribution in [0.4, 0.5) is 0 Å². The summed E-state index contributed by atoms with van der Waals surface area (Å²) in [5.74, 6) is 1.45. The van der Waals surface area contributed by atoms with Crippen LogP contribution >= 0.6 is 27.5 Å². The molecule has 0 N–H and O–H groups in total. The third-order valence-corrected chi connectivity index (χ3v) is 4.23. The van der Waals surface area contributed by atoms with E-state index in [1.807, 2.05) is 30.3 Å². The molecule has 1 aliphatic rings. The molecule has 3 nitrogen and oxygen atoms in total. The molecule has 0 spiro atoms. The summed E-state index contributed by atoms with van der Waals surface area (Å²) in [4.78, 5) is 4.65. The predicted octanol–water partition coefficient (Wildman–Crippen LogP) is 4.58. The smallest absolute Gasteiger partial charge is 0.163 e. The lowest BCUT2D eigenvalue weighted by molar-refractivity contribution is 0.172.